The fourth-order valence-corrected chi connectivity index (χ4v) is 2.57. The second kappa shape index (κ2) is 6.16. The SMILES string of the molecule is C=Cc1ccc2[nH]c(=O)c(=O)n(Cc3ccc(OC)cc3)c2c1F. The van der Waals surface area contributed by atoms with Crippen LogP contribution in [0, 0.1) is 5.82 Å². The van der Waals surface area contributed by atoms with Gasteiger partial charge in [0, 0.05) is 5.56 Å². The number of hydrogen-bond acceptors (Lipinski definition) is 3. The summed E-state index contributed by atoms with van der Waals surface area (Å²) >= 11 is 0. The molecular weight excluding hydrogens is 311 g/mol. The Kier molecular flexibility index (Phi) is 4.04. The van der Waals surface area contributed by atoms with Crippen LogP contribution in [-0.2, 0) is 6.54 Å². The highest BCUT2D eigenvalue weighted by Gasteiger charge is 2.14. The van der Waals surface area contributed by atoms with Gasteiger partial charge in [-0.2, -0.15) is 0 Å². The van der Waals surface area contributed by atoms with Crippen LogP contribution in [0.15, 0.2) is 52.6 Å². The predicted molar refractivity (Wildman–Crippen MR) is 91.0 cm³/mol. The maximum atomic E-state index is 14.7. The molecule has 3 rings (SSSR count). The van der Waals surface area contributed by atoms with E-state index in [1.54, 1.807) is 37.4 Å². The third kappa shape index (κ3) is 2.62. The Hall–Kier alpha value is -3.15. The summed E-state index contributed by atoms with van der Waals surface area (Å²) in [5.41, 5.74) is -0.283. The number of halogens is 1. The molecule has 0 saturated carbocycles. The van der Waals surface area contributed by atoms with Crippen LogP contribution >= 0.6 is 0 Å². The Bertz CT molecular complexity index is 1030. The van der Waals surface area contributed by atoms with E-state index in [1.807, 2.05) is 0 Å². The van der Waals surface area contributed by atoms with Crippen molar-refractivity contribution in [1.29, 1.82) is 0 Å². The molecule has 6 heteroatoms. The largest absolute Gasteiger partial charge is 0.497 e. The molecule has 0 aliphatic heterocycles. The number of ether oxygens (including phenoxy) is 1. The van der Waals surface area contributed by atoms with Crippen LogP contribution in [0.5, 0.6) is 5.75 Å². The average molecular weight is 326 g/mol. The van der Waals surface area contributed by atoms with Gasteiger partial charge >= 0.3 is 11.1 Å². The maximum absolute atomic E-state index is 14.7. The zero-order chi connectivity index (χ0) is 17.3. The zero-order valence-corrected chi connectivity index (χ0v) is 13.0. The molecule has 0 aliphatic rings. The zero-order valence-electron chi connectivity index (χ0n) is 13.0. The molecule has 122 valence electrons. The van der Waals surface area contributed by atoms with Gasteiger partial charge in [-0.25, -0.2) is 4.39 Å². The van der Waals surface area contributed by atoms with Gasteiger partial charge in [0.25, 0.3) is 0 Å². The maximum Gasteiger partial charge on any atom is 0.317 e. The van der Waals surface area contributed by atoms with Crippen molar-refractivity contribution in [3.63, 3.8) is 0 Å². The Labute approximate surface area is 136 Å². The standard InChI is InChI=1S/C18H15FN2O3/c1-3-12-6-9-14-16(15(12)19)21(18(23)17(22)20-14)10-11-4-7-13(24-2)8-5-11/h3-9H,1,10H2,2H3,(H,20,22). The minimum atomic E-state index is -0.807. The molecule has 0 fully saturated rings. The van der Waals surface area contributed by atoms with Gasteiger partial charge in [-0.1, -0.05) is 24.8 Å². The van der Waals surface area contributed by atoms with Gasteiger partial charge < -0.3 is 9.72 Å². The molecule has 5 nitrogen and oxygen atoms in total. The molecule has 3 aromatic rings. The van der Waals surface area contributed by atoms with Gasteiger partial charge in [0.2, 0.25) is 0 Å². The first-order chi connectivity index (χ1) is 11.5. The third-order valence-corrected chi connectivity index (χ3v) is 3.82. The van der Waals surface area contributed by atoms with Crippen LogP contribution in [-0.4, -0.2) is 16.7 Å². The lowest BCUT2D eigenvalue weighted by atomic mass is 10.1. The first kappa shape index (κ1) is 15.7. The lowest BCUT2D eigenvalue weighted by Crippen LogP contribution is -2.37. The van der Waals surface area contributed by atoms with E-state index in [-0.39, 0.29) is 23.1 Å². The first-order valence-corrected chi connectivity index (χ1v) is 7.26. The minimum Gasteiger partial charge on any atom is -0.497 e. The van der Waals surface area contributed by atoms with Gasteiger partial charge in [0.05, 0.1) is 19.2 Å². The quantitative estimate of drug-likeness (QED) is 0.749. The van der Waals surface area contributed by atoms with Gasteiger partial charge in [0.15, 0.2) is 5.82 Å². The van der Waals surface area contributed by atoms with E-state index in [4.69, 9.17) is 4.74 Å². The van der Waals surface area contributed by atoms with E-state index in [1.165, 1.54) is 12.1 Å². The first-order valence-electron chi connectivity index (χ1n) is 7.26. The van der Waals surface area contributed by atoms with Gasteiger partial charge in [-0.05, 0) is 29.8 Å². The van der Waals surface area contributed by atoms with E-state index in [0.717, 1.165) is 10.1 Å². The molecule has 1 N–H and O–H groups in total. The highest BCUT2D eigenvalue weighted by atomic mass is 19.1. The molecule has 1 aromatic heterocycles. The number of hydrogen-bond donors (Lipinski definition) is 1. The summed E-state index contributed by atoms with van der Waals surface area (Å²) in [6.07, 6.45) is 1.36. The van der Waals surface area contributed by atoms with Crippen molar-refractivity contribution in [2.24, 2.45) is 0 Å². The number of nitrogens with zero attached hydrogens (tertiary/aromatic N) is 1. The smallest absolute Gasteiger partial charge is 0.317 e. The summed E-state index contributed by atoms with van der Waals surface area (Å²) in [7, 11) is 1.55. The predicted octanol–water partition coefficient (Wildman–Crippen LogP) is 2.53. The van der Waals surface area contributed by atoms with Gasteiger partial charge in [-0.15, -0.1) is 0 Å². The Morgan fingerprint density at radius 1 is 1.21 bits per heavy atom. The Morgan fingerprint density at radius 2 is 1.92 bits per heavy atom. The molecule has 0 radical (unpaired) electrons. The van der Waals surface area contributed by atoms with Crippen molar-refractivity contribution in [3.05, 3.63) is 80.6 Å². The number of H-pyrrole nitrogens is 1. The second-order valence-electron chi connectivity index (χ2n) is 5.26. The normalized spacial score (nSPS) is 10.8. The summed E-state index contributed by atoms with van der Waals surface area (Å²) in [6, 6.07) is 10.0. The molecule has 24 heavy (non-hydrogen) atoms. The Morgan fingerprint density at radius 3 is 2.54 bits per heavy atom. The van der Waals surface area contributed by atoms with Crippen molar-refractivity contribution in [3.8, 4) is 5.75 Å². The molecule has 0 saturated heterocycles. The molecule has 1 heterocycles. The third-order valence-electron chi connectivity index (χ3n) is 3.82. The van der Waals surface area contributed by atoms with Crippen molar-refractivity contribution in [1.82, 2.24) is 9.55 Å². The van der Waals surface area contributed by atoms with Crippen LogP contribution in [0.4, 0.5) is 4.39 Å². The van der Waals surface area contributed by atoms with E-state index in [2.05, 4.69) is 11.6 Å². The van der Waals surface area contributed by atoms with Crippen LogP contribution in [0.2, 0.25) is 0 Å². The van der Waals surface area contributed by atoms with Crippen LogP contribution in [0.1, 0.15) is 11.1 Å². The van der Waals surface area contributed by atoms with Gasteiger partial charge in [0.1, 0.15) is 11.3 Å². The monoisotopic (exact) mass is 326 g/mol. The average Bonchev–Trinajstić information content (AvgIpc) is 2.60. The van der Waals surface area contributed by atoms with E-state index in [0.29, 0.717) is 5.75 Å². The fourth-order valence-electron chi connectivity index (χ4n) is 2.57. The second-order valence-corrected chi connectivity index (χ2v) is 5.26. The molecule has 0 aliphatic carbocycles. The number of benzene rings is 2. The Balaban J connectivity index is 2.24. The van der Waals surface area contributed by atoms with Crippen LogP contribution < -0.4 is 15.9 Å². The summed E-state index contributed by atoms with van der Waals surface area (Å²) in [4.78, 5) is 26.5. The molecule has 0 atom stereocenters. The lowest BCUT2D eigenvalue weighted by Gasteiger charge is -2.12. The topological polar surface area (TPSA) is 64.1 Å². The highest BCUT2D eigenvalue weighted by Crippen LogP contribution is 2.20. The molecule has 0 bridgehead atoms. The van der Waals surface area contributed by atoms with Crippen LogP contribution in [0.25, 0.3) is 17.1 Å². The molecule has 0 spiro atoms. The van der Waals surface area contributed by atoms with Crippen LogP contribution in [0.3, 0.4) is 0 Å². The number of aromatic amines is 1. The van der Waals surface area contributed by atoms with E-state index < -0.39 is 16.9 Å². The van der Waals surface area contributed by atoms with E-state index in [9.17, 15) is 14.0 Å². The number of aromatic nitrogens is 2. The van der Waals surface area contributed by atoms with Gasteiger partial charge in [-0.3, -0.25) is 14.2 Å². The number of methoxy groups -OCH3 is 1. The fraction of sp³-hybridized carbons (Fsp3) is 0.111. The van der Waals surface area contributed by atoms with Crippen molar-refractivity contribution >= 4 is 17.1 Å². The highest BCUT2D eigenvalue weighted by molar-refractivity contribution is 5.78. The summed E-state index contributed by atoms with van der Waals surface area (Å²) < 4.78 is 20.9. The number of rotatable bonds is 4. The summed E-state index contributed by atoms with van der Waals surface area (Å²) in [6.45, 7) is 3.63. The minimum absolute atomic E-state index is 0.0489. The molecule has 2 aromatic carbocycles. The molecular formula is C18H15FN2O3. The van der Waals surface area contributed by atoms with Crippen molar-refractivity contribution in [2.45, 2.75) is 6.54 Å². The molecule has 0 amide bonds. The molecule has 0 unspecified atom stereocenters. The van der Waals surface area contributed by atoms with Crippen molar-refractivity contribution < 1.29 is 9.13 Å². The summed E-state index contributed by atoms with van der Waals surface area (Å²) in [5.74, 6) is 0.0753. The van der Waals surface area contributed by atoms with E-state index >= 15 is 0 Å². The summed E-state index contributed by atoms with van der Waals surface area (Å²) in [5, 5.41) is 0. The van der Waals surface area contributed by atoms with Crippen molar-refractivity contribution in [2.75, 3.05) is 7.11 Å². The lowest BCUT2D eigenvalue weighted by molar-refractivity contribution is 0.414. The number of fused-ring (bicyclic) bond motifs is 1. The number of nitrogens with one attached hydrogen (secondary N) is 1.